The summed E-state index contributed by atoms with van der Waals surface area (Å²) in [5, 5.41) is 10.5. The number of imidazole rings is 1. The third kappa shape index (κ3) is 3.30. The van der Waals surface area contributed by atoms with Crippen molar-refractivity contribution in [1.82, 2.24) is 29.9 Å². The van der Waals surface area contributed by atoms with Crippen molar-refractivity contribution in [3.63, 3.8) is 0 Å². The number of H-pyrrole nitrogens is 1. The van der Waals surface area contributed by atoms with Crippen molar-refractivity contribution in [3.05, 3.63) is 46.3 Å². The highest BCUT2D eigenvalue weighted by atomic mass is 79.9. The average Bonchev–Trinajstić information content (AvgIpc) is 3.05. The Hall–Kier alpha value is -1.73. The number of nitrogens with one attached hydrogen (secondary N) is 2. The molecule has 0 radical (unpaired) electrons. The number of hydrogen-bond acceptors (Lipinski definition) is 4. The van der Waals surface area contributed by atoms with E-state index >= 15 is 0 Å². The number of rotatable bonds is 6. The molecule has 3 heterocycles. The first-order valence-corrected chi connectivity index (χ1v) is 7.70. The Labute approximate surface area is 131 Å². The molecule has 0 aliphatic rings. The molecule has 0 aromatic carbocycles. The lowest BCUT2D eigenvalue weighted by Gasteiger charge is -2.05. The van der Waals surface area contributed by atoms with Crippen LogP contribution in [-0.2, 0) is 13.0 Å². The van der Waals surface area contributed by atoms with Gasteiger partial charge in [0.15, 0.2) is 5.65 Å². The van der Waals surface area contributed by atoms with Crippen LogP contribution in [0.15, 0.2) is 29.4 Å². The van der Waals surface area contributed by atoms with Crippen LogP contribution in [0.2, 0.25) is 0 Å². The maximum absolute atomic E-state index is 4.34. The molecule has 6 nitrogen and oxygen atoms in total. The Kier molecular flexibility index (Phi) is 4.31. The second kappa shape index (κ2) is 6.36. The van der Waals surface area contributed by atoms with Crippen LogP contribution in [0.4, 0.5) is 0 Å². The molecule has 0 amide bonds. The molecule has 0 atom stereocenters. The maximum Gasteiger partial charge on any atom is 0.155 e. The van der Waals surface area contributed by atoms with Gasteiger partial charge in [-0.15, -0.1) is 0 Å². The van der Waals surface area contributed by atoms with Crippen LogP contribution in [0.5, 0.6) is 0 Å². The SMILES string of the molecule is Cc1[nH]ncc1CCCNCc1cnc2cnc(Br)cn12. The van der Waals surface area contributed by atoms with Gasteiger partial charge < -0.3 is 5.32 Å². The molecule has 21 heavy (non-hydrogen) atoms. The highest BCUT2D eigenvalue weighted by Gasteiger charge is 2.04. The summed E-state index contributed by atoms with van der Waals surface area (Å²) >= 11 is 3.38. The molecule has 0 bridgehead atoms. The first-order valence-electron chi connectivity index (χ1n) is 6.91. The molecule has 0 saturated carbocycles. The lowest BCUT2D eigenvalue weighted by molar-refractivity contribution is 0.637. The summed E-state index contributed by atoms with van der Waals surface area (Å²) in [4.78, 5) is 8.51. The van der Waals surface area contributed by atoms with Gasteiger partial charge in [-0.3, -0.25) is 9.50 Å². The van der Waals surface area contributed by atoms with Crippen LogP contribution in [0.3, 0.4) is 0 Å². The zero-order chi connectivity index (χ0) is 14.7. The molecule has 110 valence electrons. The Bertz CT molecular complexity index is 732. The Morgan fingerprint density at radius 2 is 2.19 bits per heavy atom. The van der Waals surface area contributed by atoms with Gasteiger partial charge in [0.1, 0.15) is 4.60 Å². The number of nitrogens with zero attached hydrogens (tertiary/aromatic N) is 4. The zero-order valence-corrected chi connectivity index (χ0v) is 13.4. The highest BCUT2D eigenvalue weighted by Crippen LogP contribution is 2.10. The second-order valence-corrected chi connectivity index (χ2v) is 5.80. The van der Waals surface area contributed by atoms with Crippen LogP contribution in [-0.4, -0.2) is 31.1 Å². The molecule has 0 aliphatic heterocycles. The van der Waals surface area contributed by atoms with Crippen molar-refractivity contribution in [2.24, 2.45) is 0 Å². The van der Waals surface area contributed by atoms with Gasteiger partial charge in [0, 0.05) is 18.4 Å². The largest absolute Gasteiger partial charge is 0.311 e. The van der Waals surface area contributed by atoms with E-state index in [2.05, 4.69) is 48.3 Å². The molecular formula is C14H17BrN6. The van der Waals surface area contributed by atoms with Gasteiger partial charge in [0.05, 0.1) is 24.3 Å². The minimum Gasteiger partial charge on any atom is -0.311 e. The maximum atomic E-state index is 4.34. The van der Waals surface area contributed by atoms with Crippen molar-refractivity contribution in [3.8, 4) is 0 Å². The summed E-state index contributed by atoms with van der Waals surface area (Å²) in [7, 11) is 0. The number of aromatic amines is 1. The van der Waals surface area contributed by atoms with E-state index in [-0.39, 0.29) is 0 Å². The monoisotopic (exact) mass is 348 g/mol. The van der Waals surface area contributed by atoms with E-state index in [1.54, 1.807) is 6.20 Å². The van der Waals surface area contributed by atoms with E-state index in [1.165, 1.54) is 5.56 Å². The van der Waals surface area contributed by atoms with E-state index in [9.17, 15) is 0 Å². The van der Waals surface area contributed by atoms with Crippen LogP contribution in [0, 0.1) is 6.92 Å². The lowest BCUT2D eigenvalue weighted by Crippen LogP contribution is -2.16. The predicted octanol–water partition coefficient (Wildman–Crippen LogP) is 2.25. The molecule has 0 fully saturated rings. The predicted molar refractivity (Wildman–Crippen MR) is 84.0 cm³/mol. The van der Waals surface area contributed by atoms with Crippen molar-refractivity contribution in [2.45, 2.75) is 26.3 Å². The van der Waals surface area contributed by atoms with E-state index in [1.807, 2.05) is 23.0 Å². The fourth-order valence-corrected chi connectivity index (χ4v) is 2.60. The molecule has 3 rings (SSSR count). The first kappa shape index (κ1) is 14.2. The lowest BCUT2D eigenvalue weighted by atomic mass is 10.1. The average molecular weight is 349 g/mol. The van der Waals surface area contributed by atoms with E-state index in [0.29, 0.717) is 0 Å². The molecule has 0 aliphatic carbocycles. The normalized spacial score (nSPS) is 11.3. The second-order valence-electron chi connectivity index (χ2n) is 4.99. The van der Waals surface area contributed by atoms with Gasteiger partial charge in [-0.2, -0.15) is 5.10 Å². The van der Waals surface area contributed by atoms with Crippen LogP contribution in [0.1, 0.15) is 23.4 Å². The summed E-state index contributed by atoms with van der Waals surface area (Å²) < 4.78 is 2.86. The Morgan fingerprint density at radius 3 is 3.00 bits per heavy atom. The molecular weight excluding hydrogens is 332 g/mol. The van der Waals surface area contributed by atoms with Gasteiger partial charge in [-0.1, -0.05) is 0 Å². The van der Waals surface area contributed by atoms with Gasteiger partial charge in [-0.05, 0) is 47.8 Å². The molecule has 2 N–H and O–H groups in total. The highest BCUT2D eigenvalue weighted by molar-refractivity contribution is 9.10. The van der Waals surface area contributed by atoms with Crippen molar-refractivity contribution in [1.29, 1.82) is 0 Å². The Balaban J connectivity index is 1.50. The zero-order valence-electron chi connectivity index (χ0n) is 11.8. The molecule has 3 aromatic rings. The number of aryl methyl sites for hydroxylation is 2. The molecule has 3 aromatic heterocycles. The van der Waals surface area contributed by atoms with Gasteiger partial charge >= 0.3 is 0 Å². The molecule has 0 unspecified atom stereocenters. The van der Waals surface area contributed by atoms with Gasteiger partial charge in [0.2, 0.25) is 0 Å². The molecule has 7 heteroatoms. The standard InChI is InChI=1S/C14H17BrN6/c1-10-11(5-19-20-10)3-2-4-16-6-12-7-18-14-8-17-13(15)9-21(12)14/h5,7-9,16H,2-4,6H2,1H3,(H,19,20). The number of halogens is 1. The first-order chi connectivity index (χ1) is 10.2. The topological polar surface area (TPSA) is 70.9 Å². The molecule has 0 saturated heterocycles. The smallest absolute Gasteiger partial charge is 0.155 e. The summed E-state index contributed by atoms with van der Waals surface area (Å²) in [5.41, 5.74) is 4.45. The van der Waals surface area contributed by atoms with Gasteiger partial charge in [0.25, 0.3) is 0 Å². The van der Waals surface area contributed by atoms with Crippen LogP contribution in [0.25, 0.3) is 5.65 Å². The number of hydrogen-bond donors (Lipinski definition) is 2. The quantitative estimate of drug-likeness (QED) is 0.670. The fraction of sp³-hybridized carbons (Fsp3) is 0.357. The molecule has 0 spiro atoms. The van der Waals surface area contributed by atoms with Crippen molar-refractivity contribution in [2.75, 3.05) is 6.54 Å². The number of fused-ring (bicyclic) bond motifs is 1. The fourth-order valence-electron chi connectivity index (χ4n) is 2.29. The summed E-state index contributed by atoms with van der Waals surface area (Å²) in [6, 6.07) is 0. The van der Waals surface area contributed by atoms with Crippen molar-refractivity contribution >= 4 is 21.6 Å². The summed E-state index contributed by atoms with van der Waals surface area (Å²) in [6.07, 6.45) is 9.62. The van der Waals surface area contributed by atoms with Crippen LogP contribution >= 0.6 is 15.9 Å². The van der Waals surface area contributed by atoms with Crippen LogP contribution < -0.4 is 5.32 Å². The third-order valence-electron chi connectivity index (χ3n) is 3.48. The van der Waals surface area contributed by atoms with E-state index < -0.39 is 0 Å². The van der Waals surface area contributed by atoms with Crippen molar-refractivity contribution < 1.29 is 0 Å². The van der Waals surface area contributed by atoms with E-state index in [4.69, 9.17) is 0 Å². The van der Waals surface area contributed by atoms with Gasteiger partial charge in [-0.25, -0.2) is 9.97 Å². The minimum atomic E-state index is 0.794. The summed E-state index contributed by atoms with van der Waals surface area (Å²) in [6.45, 7) is 3.81. The Morgan fingerprint density at radius 1 is 1.29 bits per heavy atom. The van der Waals surface area contributed by atoms with E-state index in [0.717, 1.165) is 47.6 Å². The third-order valence-corrected chi connectivity index (χ3v) is 3.89. The number of aromatic nitrogens is 5. The summed E-state index contributed by atoms with van der Waals surface area (Å²) in [5.74, 6) is 0. The minimum absolute atomic E-state index is 0.794.